The van der Waals surface area contributed by atoms with Crippen LogP contribution in [0.1, 0.15) is 105 Å². The summed E-state index contributed by atoms with van der Waals surface area (Å²) in [4.78, 5) is 39.0. The van der Waals surface area contributed by atoms with E-state index >= 15 is 0 Å². The zero-order valence-corrected chi connectivity index (χ0v) is 25.8. The van der Waals surface area contributed by atoms with Gasteiger partial charge in [0.25, 0.3) is 0 Å². The third kappa shape index (κ3) is 10.3. The van der Waals surface area contributed by atoms with Gasteiger partial charge in [0.05, 0.1) is 21.2 Å². The third-order valence-corrected chi connectivity index (χ3v) is 13.8. The first-order chi connectivity index (χ1) is 18.3. The smallest absolute Gasteiger partial charge is 0.338 e. The van der Waals surface area contributed by atoms with Crippen LogP contribution >= 0.6 is 0 Å². The maximum Gasteiger partial charge on any atom is 0.338 e. The molecule has 0 saturated heterocycles. The van der Waals surface area contributed by atoms with Crippen LogP contribution in [0, 0.1) is 0 Å². The fourth-order valence-corrected chi connectivity index (χ4v) is 10.7. The molecule has 1 atom stereocenters. The Labute approximate surface area is 231 Å². The first kappa shape index (κ1) is 34.1. The molecule has 1 unspecified atom stereocenters. The van der Waals surface area contributed by atoms with Gasteiger partial charge in [-0.15, -0.1) is 13.2 Å². The zero-order valence-electron chi connectivity index (χ0n) is 24.8. The Bertz CT molecular complexity index is 915. The molecule has 7 nitrogen and oxygen atoms in total. The van der Waals surface area contributed by atoms with Crippen molar-refractivity contribution in [2.24, 2.45) is 0 Å². The molecule has 0 aliphatic carbocycles. The summed E-state index contributed by atoms with van der Waals surface area (Å²) in [5, 5.41) is 0. The van der Waals surface area contributed by atoms with Gasteiger partial charge in [0, 0.05) is 5.73 Å². The largest absolute Gasteiger partial charge is 0.361 e. The predicted molar refractivity (Wildman–Crippen MR) is 163 cm³/mol. The van der Waals surface area contributed by atoms with E-state index in [9.17, 15) is 14.4 Å². The summed E-state index contributed by atoms with van der Waals surface area (Å²) in [6.07, 6.45) is 17.8. The number of rotatable bonds is 23. The standard InChI is InChI=1S/C30H55N3O4Si/c1-7-12-15-18-23-38(24-19-16-13-8-2,25-20-17-14-9-3)27(6)37-26-33-29(35)31(21-10-4)28(34)32(22-11-5)30(33)36/h10-11,27H,4-5,7-9,12-26H2,1-3,6H3. The van der Waals surface area contributed by atoms with Crippen LogP contribution in [0.25, 0.3) is 0 Å². The molecule has 1 aromatic rings. The summed E-state index contributed by atoms with van der Waals surface area (Å²) in [6.45, 7) is 16.2. The van der Waals surface area contributed by atoms with E-state index in [0.29, 0.717) is 0 Å². The van der Waals surface area contributed by atoms with Gasteiger partial charge >= 0.3 is 17.1 Å². The van der Waals surface area contributed by atoms with Crippen LogP contribution in [0.2, 0.25) is 18.1 Å². The molecule has 0 amide bonds. The van der Waals surface area contributed by atoms with E-state index < -0.39 is 25.1 Å². The number of aromatic nitrogens is 3. The van der Waals surface area contributed by atoms with Crippen LogP contribution in [-0.4, -0.2) is 27.5 Å². The number of hydrogen-bond donors (Lipinski definition) is 0. The van der Waals surface area contributed by atoms with Crippen molar-refractivity contribution in [1.82, 2.24) is 13.7 Å². The van der Waals surface area contributed by atoms with E-state index in [1.54, 1.807) is 0 Å². The molecule has 0 radical (unpaired) electrons. The third-order valence-electron chi connectivity index (χ3n) is 7.91. The quantitative estimate of drug-likeness (QED) is 0.0872. The number of nitrogens with zero attached hydrogens (tertiary/aromatic N) is 3. The van der Waals surface area contributed by atoms with Gasteiger partial charge in [0.2, 0.25) is 0 Å². The molecular weight excluding hydrogens is 494 g/mol. The molecule has 8 heteroatoms. The Morgan fingerprint density at radius 3 is 1.37 bits per heavy atom. The maximum absolute atomic E-state index is 13.1. The van der Waals surface area contributed by atoms with Crippen LogP contribution in [0.15, 0.2) is 39.7 Å². The van der Waals surface area contributed by atoms with Crippen molar-refractivity contribution >= 4 is 8.07 Å². The first-order valence-electron chi connectivity index (χ1n) is 15.1. The zero-order chi connectivity index (χ0) is 28.4. The minimum atomic E-state index is -1.85. The normalized spacial score (nSPS) is 12.5. The van der Waals surface area contributed by atoms with Gasteiger partial charge in [0.1, 0.15) is 6.73 Å². The number of ether oxygens (including phenoxy) is 1. The first-order valence-corrected chi connectivity index (χ1v) is 17.8. The van der Waals surface area contributed by atoms with Crippen molar-refractivity contribution in [1.29, 1.82) is 0 Å². The topological polar surface area (TPSA) is 75.2 Å². The lowest BCUT2D eigenvalue weighted by Gasteiger charge is -2.38. The predicted octanol–water partition coefficient (Wildman–Crippen LogP) is 6.64. The average molecular weight is 550 g/mol. The lowest BCUT2D eigenvalue weighted by atomic mass is 10.2. The molecule has 218 valence electrons. The fraction of sp³-hybridized carbons (Fsp3) is 0.767. The minimum absolute atomic E-state index is 0.0197. The Morgan fingerprint density at radius 1 is 0.658 bits per heavy atom. The van der Waals surface area contributed by atoms with E-state index in [1.165, 1.54) is 107 Å². The number of hydrogen-bond acceptors (Lipinski definition) is 4. The van der Waals surface area contributed by atoms with Gasteiger partial charge in [0.15, 0.2) is 0 Å². The second-order valence-corrected chi connectivity index (χ2v) is 15.8. The summed E-state index contributed by atoms with van der Waals surface area (Å²) in [5.41, 5.74) is -1.91. The highest BCUT2D eigenvalue weighted by molar-refractivity contribution is 6.81. The molecule has 0 saturated carbocycles. The Balaban J connectivity index is 3.31. The fourth-order valence-electron chi connectivity index (χ4n) is 5.42. The SMILES string of the molecule is C=CCn1c(=O)n(CC=C)c(=O)n(COC(C)[Si](CCCCCC)(CCCCCC)CCCCCC)c1=O. The molecule has 1 rings (SSSR count). The van der Waals surface area contributed by atoms with Gasteiger partial charge < -0.3 is 4.74 Å². The summed E-state index contributed by atoms with van der Waals surface area (Å²) < 4.78 is 9.62. The van der Waals surface area contributed by atoms with Crippen molar-refractivity contribution in [3.05, 3.63) is 56.8 Å². The van der Waals surface area contributed by atoms with Crippen LogP contribution in [0.4, 0.5) is 0 Å². The van der Waals surface area contributed by atoms with Crippen LogP contribution < -0.4 is 17.1 Å². The van der Waals surface area contributed by atoms with Gasteiger partial charge in [-0.2, -0.15) is 0 Å². The van der Waals surface area contributed by atoms with E-state index in [2.05, 4.69) is 40.9 Å². The summed E-state index contributed by atoms with van der Waals surface area (Å²) >= 11 is 0. The van der Waals surface area contributed by atoms with Crippen molar-refractivity contribution in [2.75, 3.05) is 0 Å². The molecular formula is C30H55N3O4Si. The van der Waals surface area contributed by atoms with Crippen LogP contribution in [-0.2, 0) is 24.6 Å². The van der Waals surface area contributed by atoms with Crippen molar-refractivity contribution in [2.45, 2.75) is 148 Å². The molecule has 0 aromatic carbocycles. The van der Waals surface area contributed by atoms with E-state index in [0.717, 1.165) is 13.7 Å². The molecule has 0 N–H and O–H groups in total. The maximum atomic E-state index is 13.1. The van der Waals surface area contributed by atoms with Gasteiger partial charge in [-0.1, -0.05) is 128 Å². The highest BCUT2D eigenvalue weighted by Gasteiger charge is 2.38. The van der Waals surface area contributed by atoms with Crippen LogP contribution in [0.5, 0.6) is 0 Å². The monoisotopic (exact) mass is 549 g/mol. The lowest BCUT2D eigenvalue weighted by molar-refractivity contribution is 0.0465. The van der Waals surface area contributed by atoms with E-state index in [1.807, 2.05) is 0 Å². The Hall–Kier alpha value is -1.93. The summed E-state index contributed by atoms with van der Waals surface area (Å²) in [5.74, 6) is 0. The summed E-state index contributed by atoms with van der Waals surface area (Å²) in [6, 6.07) is 3.70. The highest BCUT2D eigenvalue weighted by Crippen LogP contribution is 2.34. The molecule has 0 aliphatic rings. The van der Waals surface area contributed by atoms with Gasteiger partial charge in [-0.25, -0.2) is 28.1 Å². The second kappa shape index (κ2) is 19.2. The van der Waals surface area contributed by atoms with Crippen molar-refractivity contribution in [3.8, 4) is 0 Å². The molecule has 1 heterocycles. The molecule has 0 aliphatic heterocycles. The van der Waals surface area contributed by atoms with Crippen molar-refractivity contribution < 1.29 is 4.74 Å². The van der Waals surface area contributed by atoms with Crippen molar-refractivity contribution in [3.63, 3.8) is 0 Å². The summed E-state index contributed by atoms with van der Waals surface area (Å²) in [7, 11) is -1.85. The molecule has 0 bridgehead atoms. The minimum Gasteiger partial charge on any atom is -0.361 e. The van der Waals surface area contributed by atoms with Gasteiger partial charge in [-0.3, -0.25) is 0 Å². The molecule has 0 fully saturated rings. The number of allylic oxidation sites excluding steroid dienone is 2. The van der Waals surface area contributed by atoms with E-state index in [-0.39, 0.29) is 25.5 Å². The molecule has 1 aromatic heterocycles. The second-order valence-electron chi connectivity index (χ2n) is 10.8. The molecule has 0 spiro atoms. The number of unbranched alkanes of at least 4 members (excludes halogenated alkanes) is 9. The van der Waals surface area contributed by atoms with Gasteiger partial charge in [-0.05, 0) is 6.92 Å². The lowest BCUT2D eigenvalue weighted by Crippen LogP contribution is -2.55. The highest BCUT2D eigenvalue weighted by atomic mass is 28.3. The average Bonchev–Trinajstić information content (AvgIpc) is 2.91. The van der Waals surface area contributed by atoms with E-state index in [4.69, 9.17) is 4.74 Å². The molecule has 38 heavy (non-hydrogen) atoms. The Morgan fingerprint density at radius 2 is 1.03 bits per heavy atom. The Kier molecular flexibility index (Phi) is 17.2. The van der Waals surface area contributed by atoms with Crippen LogP contribution in [0.3, 0.4) is 0 Å².